The molecular formula is C19H21N3O6. The molecule has 3 rings (SSSR count). The molecule has 9 nitrogen and oxygen atoms in total. The van der Waals surface area contributed by atoms with E-state index in [9.17, 15) is 24.0 Å². The lowest BCUT2D eigenvalue weighted by Crippen LogP contribution is -2.52. The number of carbonyl (C=O) groups is 5. The maximum absolute atomic E-state index is 12.8. The number of nitrogens with zero attached hydrogens (tertiary/aromatic N) is 2. The number of amides is 4. The van der Waals surface area contributed by atoms with Gasteiger partial charge < -0.3 is 14.9 Å². The summed E-state index contributed by atoms with van der Waals surface area (Å²) in [4.78, 5) is 62.6. The molecule has 1 aromatic carbocycles. The summed E-state index contributed by atoms with van der Waals surface area (Å²) in [6.07, 6.45) is 0.425. The molecule has 28 heavy (non-hydrogen) atoms. The SMILES string of the molecule is CC(C)N(CC(=O)O)C(=O)c1ccc2c(c1)C(=O)N(C1CCC(=O)NC1=O)C2. The number of carbonyl (C=O) groups excluding carboxylic acids is 4. The number of rotatable bonds is 5. The van der Waals surface area contributed by atoms with E-state index in [0.717, 1.165) is 0 Å². The Hall–Kier alpha value is -3.23. The number of nitrogens with one attached hydrogen (secondary N) is 1. The summed E-state index contributed by atoms with van der Waals surface area (Å²) in [6, 6.07) is 3.59. The number of hydrogen-bond acceptors (Lipinski definition) is 5. The molecule has 2 N–H and O–H groups in total. The fourth-order valence-electron chi connectivity index (χ4n) is 3.49. The quantitative estimate of drug-likeness (QED) is 0.704. The summed E-state index contributed by atoms with van der Waals surface area (Å²) in [6.45, 7) is 3.20. The molecular weight excluding hydrogens is 366 g/mol. The average molecular weight is 387 g/mol. The number of carboxylic acid groups (broad SMARTS) is 1. The highest BCUT2D eigenvalue weighted by molar-refractivity contribution is 6.06. The summed E-state index contributed by atoms with van der Waals surface area (Å²) in [7, 11) is 0. The second-order valence-electron chi connectivity index (χ2n) is 7.19. The minimum absolute atomic E-state index is 0.165. The molecule has 1 aromatic rings. The summed E-state index contributed by atoms with van der Waals surface area (Å²) in [5.41, 5.74) is 1.21. The molecule has 0 radical (unpaired) electrons. The molecule has 1 unspecified atom stereocenters. The van der Waals surface area contributed by atoms with Crippen molar-refractivity contribution in [2.75, 3.05) is 6.54 Å². The Morgan fingerprint density at radius 3 is 2.61 bits per heavy atom. The maximum atomic E-state index is 12.8. The fraction of sp³-hybridized carbons (Fsp3) is 0.421. The fourth-order valence-corrected chi connectivity index (χ4v) is 3.49. The summed E-state index contributed by atoms with van der Waals surface area (Å²) >= 11 is 0. The molecule has 4 amide bonds. The number of carboxylic acids is 1. The van der Waals surface area contributed by atoms with Crippen LogP contribution in [0.1, 0.15) is 53.0 Å². The van der Waals surface area contributed by atoms with Crippen LogP contribution in [-0.4, -0.2) is 63.1 Å². The van der Waals surface area contributed by atoms with Gasteiger partial charge >= 0.3 is 5.97 Å². The normalized spacial score (nSPS) is 18.9. The summed E-state index contributed by atoms with van der Waals surface area (Å²) in [5.74, 6) is -2.84. The third-order valence-electron chi connectivity index (χ3n) is 4.96. The molecule has 0 aliphatic carbocycles. The molecule has 1 saturated heterocycles. The minimum atomic E-state index is -1.12. The monoisotopic (exact) mass is 387 g/mol. The van der Waals surface area contributed by atoms with E-state index < -0.39 is 30.4 Å². The highest BCUT2D eigenvalue weighted by atomic mass is 16.4. The Labute approximate surface area is 161 Å². The first-order chi connectivity index (χ1) is 13.2. The smallest absolute Gasteiger partial charge is 0.323 e. The van der Waals surface area contributed by atoms with Crippen molar-refractivity contribution in [2.24, 2.45) is 0 Å². The van der Waals surface area contributed by atoms with Gasteiger partial charge in [0.15, 0.2) is 0 Å². The van der Waals surface area contributed by atoms with Gasteiger partial charge in [-0.05, 0) is 38.0 Å². The first-order valence-corrected chi connectivity index (χ1v) is 8.99. The molecule has 0 spiro atoms. The molecule has 2 aliphatic heterocycles. The minimum Gasteiger partial charge on any atom is -0.480 e. The van der Waals surface area contributed by atoms with Gasteiger partial charge in [0.2, 0.25) is 11.8 Å². The lowest BCUT2D eigenvalue weighted by atomic mass is 10.0. The van der Waals surface area contributed by atoms with Crippen molar-refractivity contribution in [3.05, 3.63) is 34.9 Å². The van der Waals surface area contributed by atoms with E-state index in [1.165, 1.54) is 15.9 Å². The van der Waals surface area contributed by atoms with Gasteiger partial charge in [0.1, 0.15) is 12.6 Å². The van der Waals surface area contributed by atoms with E-state index in [4.69, 9.17) is 5.11 Å². The summed E-state index contributed by atoms with van der Waals surface area (Å²) in [5, 5.41) is 11.3. The molecule has 9 heteroatoms. The van der Waals surface area contributed by atoms with Gasteiger partial charge in [-0.2, -0.15) is 0 Å². The van der Waals surface area contributed by atoms with E-state index in [1.807, 2.05) is 0 Å². The summed E-state index contributed by atoms with van der Waals surface area (Å²) < 4.78 is 0. The van der Waals surface area contributed by atoms with Crippen molar-refractivity contribution in [2.45, 2.75) is 45.3 Å². The first kappa shape index (κ1) is 19.5. The van der Waals surface area contributed by atoms with E-state index in [1.54, 1.807) is 26.0 Å². The molecule has 148 valence electrons. The van der Waals surface area contributed by atoms with Crippen LogP contribution in [-0.2, 0) is 20.9 Å². The van der Waals surface area contributed by atoms with Crippen molar-refractivity contribution in [1.82, 2.24) is 15.1 Å². The molecule has 2 aliphatic rings. The Morgan fingerprint density at radius 2 is 2.00 bits per heavy atom. The van der Waals surface area contributed by atoms with Crippen LogP contribution in [0.4, 0.5) is 0 Å². The Morgan fingerprint density at radius 1 is 1.29 bits per heavy atom. The van der Waals surface area contributed by atoms with Crippen molar-refractivity contribution < 1.29 is 29.1 Å². The Kier molecular flexibility index (Phi) is 5.17. The molecule has 1 fully saturated rings. The molecule has 2 heterocycles. The lowest BCUT2D eigenvalue weighted by molar-refractivity contribution is -0.138. The predicted octanol–water partition coefficient (Wildman–Crippen LogP) is 0.383. The zero-order valence-corrected chi connectivity index (χ0v) is 15.6. The van der Waals surface area contributed by atoms with E-state index >= 15 is 0 Å². The van der Waals surface area contributed by atoms with Crippen LogP contribution in [0, 0.1) is 0 Å². The number of fused-ring (bicyclic) bond motifs is 1. The van der Waals surface area contributed by atoms with E-state index in [0.29, 0.717) is 11.1 Å². The van der Waals surface area contributed by atoms with Gasteiger partial charge in [-0.3, -0.25) is 29.3 Å². The Balaban J connectivity index is 1.84. The van der Waals surface area contributed by atoms with Gasteiger partial charge in [0.05, 0.1) is 0 Å². The van der Waals surface area contributed by atoms with E-state index in [-0.39, 0.29) is 42.8 Å². The van der Waals surface area contributed by atoms with Crippen molar-refractivity contribution in [1.29, 1.82) is 0 Å². The topological polar surface area (TPSA) is 124 Å². The third kappa shape index (κ3) is 3.60. The number of benzene rings is 1. The van der Waals surface area contributed by atoms with Gasteiger partial charge in [0.25, 0.3) is 11.8 Å². The zero-order chi connectivity index (χ0) is 20.6. The van der Waals surface area contributed by atoms with Crippen LogP contribution >= 0.6 is 0 Å². The van der Waals surface area contributed by atoms with Gasteiger partial charge in [-0.25, -0.2) is 0 Å². The first-order valence-electron chi connectivity index (χ1n) is 8.99. The molecule has 0 bridgehead atoms. The lowest BCUT2D eigenvalue weighted by Gasteiger charge is -2.29. The van der Waals surface area contributed by atoms with Crippen LogP contribution in [0.3, 0.4) is 0 Å². The van der Waals surface area contributed by atoms with Crippen LogP contribution in [0.15, 0.2) is 18.2 Å². The second-order valence-corrected chi connectivity index (χ2v) is 7.19. The van der Waals surface area contributed by atoms with Crippen LogP contribution in [0.25, 0.3) is 0 Å². The number of piperidine rings is 1. The predicted molar refractivity (Wildman–Crippen MR) is 96.3 cm³/mol. The highest BCUT2D eigenvalue weighted by Crippen LogP contribution is 2.28. The molecule has 0 saturated carbocycles. The second kappa shape index (κ2) is 7.41. The van der Waals surface area contributed by atoms with Crippen LogP contribution in [0.2, 0.25) is 0 Å². The third-order valence-corrected chi connectivity index (χ3v) is 4.96. The molecule has 1 atom stereocenters. The standard InChI is InChI=1S/C19H21N3O6/c1-10(2)21(9-16(24)25)18(27)11-3-4-12-8-22(19(28)13(12)7-11)14-5-6-15(23)20-17(14)26/h3-4,7,10,14H,5-6,8-9H2,1-2H3,(H,24,25)(H,20,23,26). The largest absolute Gasteiger partial charge is 0.480 e. The maximum Gasteiger partial charge on any atom is 0.323 e. The van der Waals surface area contributed by atoms with Crippen molar-refractivity contribution in [3.8, 4) is 0 Å². The van der Waals surface area contributed by atoms with Crippen molar-refractivity contribution in [3.63, 3.8) is 0 Å². The number of hydrogen-bond donors (Lipinski definition) is 2. The number of aliphatic carboxylic acids is 1. The van der Waals surface area contributed by atoms with Crippen molar-refractivity contribution >= 4 is 29.6 Å². The highest BCUT2D eigenvalue weighted by Gasteiger charge is 2.39. The number of imide groups is 1. The average Bonchev–Trinajstić information content (AvgIpc) is 2.95. The van der Waals surface area contributed by atoms with Gasteiger partial charge in [0, 0.05) is 30.1 Å². The zero-order valence-electron chi connectivity index (χ0n) is 15.6. The van der Waals surface area contributed by atoms with Crippen LogP contribution < -0.4 is 5.32 Å². The van der Waals surface area contributed by atoms with Gasteiger partial charge in [-0.1, -0.05) is 6.07 Å². The van der Waals surface area contributed by atoms with E-state index in [2.05, 4.69) is 5.32 Å². The van der Waals surface area contributed by atoms with Crippen LogP contribution in [0.5, 0.6) is 0 Å². The van der Waals surface area contributed by atoms with Gasteiger partial charge in [-0.15, -0.1) is 0 Å². The molecule has 0 aromatic heterocycles. The Bertz CT molecular complexity index is 878.